The van der Waals surface area contributed by atoms with Crippen LogP contribution in [0.1, 0.15) is 6.92 Å². The lowest BCUT2D eigenvalue weighted by atomic mass is 10.4. The van der Waals surface area contributed by atoms with Crippen molar-refractivity contribution in [1.29, 1.82) is 0 Å². The highest BCUT2D eigenvalue weighted by atomic mass is 32.2. The van der Waals surface area contributed by atoms with Gasteiger partial charge in [0.15, 0.2) is 9.84 Å². The summed E-state index contributed by atoms with van der Waals surface area (Å²) in [5.41, 5.74) is 5.49. The summed E-state index contributed by atoms with van der Waals surface area (Å²) in [6, 6.07) is -0.608. The number of rotatable bonds is 2. The first-order chi connectivity index (χ1) is 8.24. The molecule has 0 bridgehead atoms. The van der Waals surface area contributed by atoms with Gasteiger partial charge in [-0.1, -0.05) is 0 Å². The Morgan fingerprint density at radius 2 is 2.22 bits per heavy atom. The van der Waals surface area contributed by atoms with E-state index in [0.29, 0.717) is 0 Å². The number of nitrogens with two attached hydrogens (primary N) is 1. The van der Waals surface area contributed by atoms with Crippen molar-refractivity contribution in [3.8, 4) is 0 Å². The molecule has 0 amide bonds. The predicted octanol–water partition coefficient (Wildman–Crippen LogP) is -1.20. The number of nitrogens with one attached hydrogen (secondary N) is 1. The number of aromatic nitrogens is 2. The first-order valence-corrected chi connectivity index (χ1v) is 8.51. The number of hydrogen-bond acceptors (Lipinski definition) is 6. The number of sulfonamides is 1. The molecular formula is C8H14N4O4S2. The van der Waals surface area contributed by atoms with Crippen molar-refractivity contribution in [2.45, 2.75) is 17.9 Å². The zero-order valence-electron chi connectivity index (χ0n) is 9.70. The standard InChI is InChI=1S/C8H14N4O4S2/c1-6-5-17(13,14)3-2-12(6)18(15,16)7-4-10-11-8(7)9/h4,6H,2-3,5H2,1H3,(H3,9,10,11). The van der Waals surface area contributed by atoms with E-state index >= 15 is 0 Å². The molecule has 1 aromatic rings. The lowest BCUT2D eigenvalue weighted by Gasteiger charge is -2.31. The molecule has 1 aromatic heterocycles. The Hall–Kier alpha value is -1.13. The molecule has 3 N–H and O–H groups in total. The van der Waals surface area contributed by atoms with E-state index in [9.17, 15) is 16.8 Å². The van der Waals surface area contributed by atoms with Gasteiger partial charge in [-0.2, -0.15) is 9.40 Å². The van der Waals surface area contributed by atoms with Crippen LogP contribution in [-0.4, -0.2) is 55.4 Å². The van der Waals surface area contributed by atoms with Crippen molar-refractivity contribution in [3.05, 3.63) is 6.20 Å². The fourth-order valence-corrected chi connectivity index (χ4v) is 5.37. The zero-order chi connectivity index (χ0) is 13.6. The van der Waals surface area contributed by atoms with Crippen molar-refractivity contribution in [2.24, 2.45) is 0 Å². The molecule has 1 unspecified atom stereocenters. The van der Waals surface area contributed by atoms with Crippen molar-refractivity contribution in [3.63, 3.8) is 0 Å². The summed E-state index contributed by atoms with van der Waals surface area (Å²) in [4.78, 5) is -0.117. The average molecular weight is 294 g/mol. The van der Waals surface area contributed by atoms with E-state index < -0.39 is 25.9 Å². The van der Waals surface area contributed by atoms with Gasteiger partial charge in [0.1, 0.15) is 10.7 Å². The van der Waals surface area contributed by atoms with Crippen LogP contribution >= 0.6 is 0 Å². The van der Waals surface area contributed by atoms with Crippen LogP contribution in [0.2, 0.25) is 0 Å². The van der Waals surface area contributed by atoms with Crippen LogP contribution in [0.3, 0.4) is 0 Å². The SMILES string of the molecule is CC1CS(=O)(=O)CCN1S(=O)(=O)c1cn[nH]c1N. The third-order valence-electron chi connectivity index (χ3n) is 2.83. The number of hydrogen-bond donors (Lipinski definition) is 2. The minimum Gasteiger partial charge on any atom is -0.383 e. The van der Waals surface area contributed by atoms with Gasteiger partial charge in [0.2, 0.25) is 10.0 Å². The molecule has 8 nitrogen and oxygen atoms in total. The second kappa shape index (κ2) is 4.21. The van der Waals surface area contributed by atoms with Crippen LogP contribution in [0.15, 0.2) is 11.1 Å². The number of H-pyrrole nitrogens is 1. The Morgan fingerprint density at radius 3 is 2.72 bits per heavy atom. The second-order valence-electron chi connectivity index (χ2n) is 4.23. The minimum absolute atomic E-state index is 0.0457. The zero-order valence-corrected chi connectivity index (χ0v) is 11.3. The molecule has 2 heterocycles. The van der Waals surface area contributed by atoms with Crippen LogP contribution < -0.4 is 5.73 Å². The Bertz CT molecular complexity index is 648. The Balaban J connectivity index is 2.36. The maximum atomic E-state index is 12.3. The number of nitrogens with zero attached hydrogens (tertiary/aromatic N) is 2. The number of nitrogen functional groups attached to an aromatic ring is 1. The minimum atomic E-state index is -3.80. The van der Waals surface area contributed by atoms with E-state index in [4.69, 9.17) is 5.73 Å². The highest BCUT2D eigenvalue weighted by Gasteiger charge is 2.37. The van der Waals surface area contributed by atoms with Crippen LogP contribution in [-0.2, 0) is 19.9 Å². The Morgan fingerprint density at radius 1 is 1.56 bits per heavy atom. The van der Waals surface area contributed by atoms with Gasteiger partial charge in [-0.3, -0.25) is 5.10 Å². The van der Waals surface area contributed by atoms with Crippen molar-refractivity contribution < 1.29 is 16.8 Å². The summed E-state index contributed by atoms with van der Waals surface area (Å²) >= 11 is 0. The first-order valence-electron chi connectivity index (χ1n) is 5.25. The summed E-state index contributed by atoms with van der Waals surface area (Å²) in [6.07, 6.45) is 1.13. The normalized spacial score (nSPS) is 25.1. The Labute approximate surface area is 105 Å². The van der Waals surface area contributed by atoms with Crippen LogP contribution in [0.5, 0.6) is 0 Å². The van der Waals surface area contributed by atoms with Crippen LogP contribution in [0, 0.1) is 0 Å². The van der Waals surface area contributed by atoms with Crippen molar-refractivity contribution >= 4 is 25.7 Å². The van der Waals surface area contributed by atoms with E-state index in [-0.39, 0.29) is 28.8 Å². The van der Waals surface area contributed by atoms with Gasteiger partial charge < -0.3 is 5.73 Å². The molecule has 1 saturated heterocycles. The number of sulfone groups is 1. The largest absolute Gasteiger partial charge is 0.383 e. The van der Waals surface area contributed by atoms with E-state index in [1.54, 1.807) is 6.92 Å². The van der Waals surface area contributed by atoms with Gasteiger partial charge in [-0.25, -0.2) is 16.8 Å². The van der Waals surface area contributed by atoms with E-state index in [2.05, 4.69) is 10.2 Å². The summed E-state index contributed by atoms with van der Waals surface area (Å²) in [5, 5.41) is 5.91. The van der Waals surface area contributed by atoms with Gasteiger partial charge in [0, 0.05) is 12.6 Å². The van der Waals surface area contributed by atoms with Gasteiger partial charge in [-0.15, -0.1) is 0 Å². The number of anilines is 1. The molecule has 0 radical (unpaired) electrons. The summed E-state index contributed by atoms with van der Waals surface area (Å²) in [7, 11) is -6.96. The van der Waals surface area contributed by atoms with Gasteiger partial charge in [0.05, 0.1) is 17.7 Å². The molecule has 0 spiro atoms. The fourth-order valence-electron chi connectivity index (χ4n) is 1.96. The molecule has 1 aliphatic heterocycles. The molecule has 102 valence electrons. The van der Waals surface area contributed by atoms with E-state index in [0.717, 1.165) is 10.5 Å². The van der Waals surface area contributed by atoms with Gasteiger partial charge >= 0.3 is 0 Å². The maximum absolute atomic E-state index is 12.3. The molecule has 0 aromatic carbocycles. The molecule has 18 heavy (non-hydrogen) atoms. The Kier molecular flexibility index (Phi) is 3.11. The topological polar surface area (TPSA) is 126 Å². The highest BCUT2D eigenvalue weighted by molar-refractivity contribution is 7.92. The second-order valence-corrected chi connectivity index (χ2v) is 8.31. The average Bonchev–Trinajstić information content (AvgIpc) is 2.62. The summed E-state index contributed by atoms with van der Waals surface area (Å²) in [5.74, 6) is -0.395. The quantitative estimate of drug-likeness (QED) is 0.705. The lowest BCUT2D eigenvalue weighted by molar-refractivity contribution is 0.357. The number of aromatic amines is 1. The molecule has 0 aliphatic carbocycles. The molecular weight excluding hydrogens is 280 g/mol. The maximum Gasteiger partial charge on any atom is 0.248 e. The molecule has 1 fully saturated rings. The third-order valence-corrected chi connectivity index (χ3v) is 6.66. The molecule has 1 atom stereocenters. The molecule has 0 saturated carbocycles. The predicted molar refractivity (Wildman–Crippen MR) is 65.0 cm³/mol. The van der Waals surface area contributed by atoms with Crippen LogP contribution in [0.25, 0.3) is 0 Å². The van der Waals surface area contributed by atoms with Crippen LogP contribution in [0.4, 0.5) is 5.82 Å². The van der Waals surface area contributed by atoms with Gasteiger partial charge in [-0.05, 0) is 6.92 Å². The summed E-state index contributed by atoms with van der Waals surface area (Å²) < 4.78 is 48.6. The summed E-state index contributed by atoms with van der Waals surface area (Å²) in [6.45, 7) is 1.50. The molecule has 2 rings (SSSR count). The monoisotopic (exact) mass is 294 g/mol. The first kappa shape index (κ1) is 13.3. The lowest BCUT2D eigenvalue weighted by Crippen LogP contribution is -2.49. The van der Waals surface area contributed by atoms with Gasteiger partial charge in [0.25, 0.3) is 0 Å². The third kappa shape index (κ3) is 2.22. The van der Waals surface area contributed by atoms with Crippen molar-refractivity contribution in [1.82, 2.24) is 14.5 Å². The van der Waals surface area contributed by atoms with Crippen molar-refractivity contribution in [2.75, 3.05) is 23.8 Å². The fraction of sp³-hybridized carbons (Fsp3) is 0.625. The van der Waals surface area contributed by atoms with E-state index in [1.807, 2.05) is 0 Å². The smallest absolute Gasteiger partial charge is 0.248 e. The highest BCUT2D eigenvalue weighted by Crippen LogP contribution is 2.24. The molecule has 10 heteroatoms. The van der Waals surface area contributed by atoms with E-state index in [1.165, 1.54) is 0 Å². The molecule has 1 aliphatic rings.